The maximum atomic E-state index is 14.1. The summed E-state index contributed by atoms with van der Waals surface area (Å²) in [6.07, 6.45) is 0. The minimum Gasteiger partial charge on any atom is -0.262 e. The van der Waals surface area contributed by atoms with E-state index in [9.17, 15) is 12.8 Å². The quantitative estimate of drug-likeness (QED) is 0.602. The molecule has 0 amide bonds. The highest BCUT2D eigenvalue weighted by atomic mass is 35.5. The Bertz CT molecular complexity index is 1010. The maximum absolute atomic E-state index is 14.1. The molecule has 0 unspecified atom stereocenters. The van der Waals surface area contributed by atoms with Gasteiger partial charge in [0, 0.05) is 5.02 Å². The molecule has 0 saturated carbocycles. The standard InChI is InChI=1S/C20H17ClFNO2S/c1-15-7-12-18(13-20(15)22)23(14-16-8-10-17(21)11-9-16)26(24,25)19-5-3-2-4-6-19/h2-13H,14H2,1H3. The summed E-state index contributed by atoms with van der Waals surface area (Å²) in [6, 6.07) is 19.4. The van der Waals surface area contributed by atoms with Gasteiger partial charge in [-0.3, -0.25) is 4.31 Å². The molecule has 0 saturated heterocycles. The van der Waals surface area contributed by atoms with Crippen molar-refractivity contribution in [1.29, 1.82) is 0 Å². The first-order chi connectivity index (χ1) is 12.4. The van der Waals surface area contributed by atoms with Crippen molar-refractivity contribution in [3.8, 4) is 0 Å². The zero-order valence-corrected chi connectivity index (χ0v) is 15.6. The minimum absolute atomic E-state index is 0.0664. The molecule has 0 heterocycles. The normalized spacial score (nSPS) is 11.3. The second-order valence-electron chi connectivity index (χ2n) is 5.88. The van der Waals surface area contributed by atoms with E-state index in [1.807, 2.05) is 0 Å². The van der Waals surface area contributed by atoms with Gasteiger partial charge in [0.05, 0.1) is 17.1 Å². The van der Waals surface area contributed by atoms with Crippen LogP contribution in [0.3, 0.4) is 0 Å². The van der Waals surface area contributed by atoms with Gasteiger partial charge in [-0.25, -0.2) is 12.8 Å². The highest BCUT2D eigenvalue weighted by molar-refractivity contribution is 7.92. The Labute approximate surface area is 157 Å². The van der Waals surface area contributed by atoms with Crippen LogP contribution in [-0.2, 0) is 16.6 Å². The summed E-state index contributed by atoms with van der Waals surface area (Å²) in [7, 11) is -3.86. The fourth-order valence-electron chi connectivity index (χ4n) is 2.53. The molecule has 0 atom stereocenters. The molecule has 0 N–H and O–H groups in total. The van der Waals surface area contributed by atoms with E-state index in [1.165, 1.54) is 22.5 Å². The minimum atomic E-state index is -3.86. The van der Waals surface area contributed by atoms with Crippen LogP contribution >= 0.6 is 11.6 Å². The van der Waals surface area contributed by atoms with Gasteiger partial charge in [0.1, 0.15) is 5.82 Å². The molecule has 3 aromatic rings. The van der Waals surface area contributed by atoms with E-state index in [-0.39, 0.29) is 17.1 Å². The van der Waals surface area contributed by atoms with Crippen LogP contribution in [0.15, 0.2) is 77.7 Å². The SMILES string of the molecule is Cc1ccc(N(Cc2ccc(Cl)cc2)S(=O)(=O)c2ccccc2)cc1F. The Kier molecular flexibility index (Phi) is 5.30. The lowest BCUT2D eigenvalue weighted by molar-refractivity contribution is 0.589. The Balaban J connectivity index is 2.09. The first kappa shape index (κ1) is 18.4. The monoisotopic (exact) mass is 389 g/mol. The van der Waals surface area contributed by atoms with E-state index in [4.69, 9.17) is 11.6 Å². The van der Waals surface area contributed by atoms with Crippen LogP contribution in [0.1, 0.15) is 11.1 Å². The number of hydrogen-bond acceptors (Lipinski definition) is 2. The summed E-state index contributed by atoms with van der Waals surface area (Å²) >= 11 is 5.91. The number of aryl methyl sites for hydroxylation is 1. The van der Waals surface area contributed by atoms with Crippen molar-refractivity contribution >= 4 is 27.3 Å². The van der Waals surface area contributed by atoms with Gasteiger partial charge in [-0.15, -0.1) is 0 Å². The molecule has 0 aromatic heterocycles. The number of nitrogens with zero attached hydrogens (tertiary/aromatic N) is 1. The first-order valence-electron chi connectivity index (χ1n) is 7.96. The summed E-state index contributed by atoms with van der Waals surface area (Å²) in [4.78, 5) is 0.148. The van der Waals surface area contributed by atoms with E-state index in [0.717, 1.165) is 5.56 Å². The van der Waals surface area contributed by atoms with E-state index in [2.05, 4.69) is 0 Å². The number of sulfonamides is 1. The van der Waals surface area contributed by atoms with Crippen LogP contribution in [0, 0.1) is 12.7 Å². The largest absolute Gasteiger partial charge is 0.264 e. The van der Waals surface area contributed by atoms with E-state index in [0.29, 0.717) is 10.6 Å². The lowest BCUT2D eigenvalue weighted by Gasteiger charge is -2.25. The topological polar surface area (TPSA) is 37.4 Å². The summed E-state index contributed by atoms with van der Waals surface area (Å²) in [6.45, 7) is 1.70. The third kappa shape index (κ3) is 3.89. The third-order valence-corrected chi connectivity index (χ3v) is 6.05. The number of benzene rings is 3. The zero-order chi connectivity index (χ0) is 18.7. The maximum Gasteiger partial charge on any atom is 0.264 e. The second kappa shape index (κ2) is 7.48. The fourth-order valence-corrected chi connectivity index (χ4v) is 4.12. The molecular formula is C20H17ClFNO2S. The van der Waals surface area contributed by atoms with Gasteiger partial charge in [-0.2, -0.15) is 0 Å². The average molecular weight is 390 g/mol. The molecule has 26 heavy (non-hydrogen) atoms. The highest BCUT2D eigenvalue weighted by Gasteiger charge is 2.25. The lowest BCUT2D eigenvalue weighted by Crippen LogP contribution is -2.30. The summed E-state index contributed by atoms with van der Waals surface area (Å²) in [5.74, 6) is -0.452. The molecular weight excluding hydrogens is 373 g/mol. The molecule has 3 nitrogen and oxygen atoms in total. The predicted molar refractivity (Wildman–Crippen MR) is 102 cm³/mol. The Morgan fingerprint density at radius 3 is 2.23 bits per heavy atom. The molecule has 134 valence electrons. The summed E-state index contributed by atoms with van der Waals surface area (Å²) in [5.41, 5.74) is 1.47. The van der Waals surface area contributed by atoms with Crippen molar-refractivity contribution < 1.29 is 12.8 Å². The smallest absolute Gasteiger partial charge is 0.262 e. The number of hydrogen-bond donors (Lipinski definition) is 0. The molecule has 0 aliphatic heterocycles. The van der Waals surface area contributed by atoms with Gasteiger partial charge in [0.15, 0.2) is 0 Å². The molecule has 3 rings (SSSR count). The summed E-state index contributed by atoms with van der Waals surface area (Å²) < 4.78 is 41.6. The van der Waals surface area contributed by atoms with Crippen molar-refractivity contribution in [2.45, 2.75) is 18.4 Å². The van der Waals surface area contributed by atoms with Crippen molar-refractivity contribution in [1.82, 2.24) is 0 Å². The average Bonchev–Trinajstić information content (AvgIpc) is 2.64. The van der Waals surface area contributed by atoms with E-state index < -0.39 is 15.8 Å². The van der Waals surface area contributed by atoms with Crippen molar-refractivity contribution in [3.63, 3.8) is 0 Å². The zero-order valence-electron chi connectivity index (χ0n) is 14.1. The van der Waals surface area contributed by atoms with Gasteiger partial charge >= 0.3 is 0 Å². The Morgan fingerprint density at radius 2 is 1.62 bits per heavy atom. The Hall–Kier alpha value is -2.37. The lowest BCUT2D eigenvalue weighted by atomic mass is 10.2. The number of rotatable bonds is 5. The van der Waals surface area contributed by atoms with Crippen LogP contribution < -0.4 is 4.31 Å². The number of anilines is 1. The molecule has 0 fully saturated rings. The molecule has 0 aliphatic rings. The molecule has 0 spiro atoms. The molecule has 6 heteroatoms. The highest BCUT2D eigenvalue weighted by Crippen LogP contribution is 2.27. The van der Waals surface area contributed by atoms with Gasteiger partial charge in [-0.1, -0.05) is 48.0 Å². The van der Waals surface area contributed by atoms with Gasteiger partial charge in [0.2, 0.25) is 0 Å². The third-order valence-electron chi connectivity index (χ3n) is 4.01. The Morgan fingerprint density at radius 1 is 0.962 bits per heavy atom. The fraction of sp³-hybridized carbons (Fsp3) is 0.100. The predicted octanol–water partition coefficient (Wildman–Crippen LogP) is 5.18. The first-order valence-corrected chi connectivity index (χ1v) is 9.78. The molecule has 0 aliphatic carbocycles. The second-order valence-corrected chi connectivity index (χ2v) is 8.18. The molecule has 0 radical (unpaired) electrons. The van der Waals surface area contributed by atoms with Gasteiger partial charge < -0.3 is 0 Å². The van der Waals surface area contributed by atoms with E-state index in [1.54, 1.807) is 61.5 Å². The van der Waals surface area contributed by atoms with Crippen LogP contribution in [0.5, 0.6) is 0 Å². The summed E-state index contributed by atoms with van der Waals surface area (Å²) in [5, 5.41) is 0.563. The molecule has 0 bridgehead atoms. The number of halogens is 2. The van der Waals surface area contributed by atoms with Gasteiger partial charge in [-0.05, 0) is 54.4 Å². The van der Waals surface area contributed by atoms with Gasteiger partial charge in [0.25, 0.3) is 10.0 Å². The van der Waals surface area contributed by atoms with Crippen LogP contribution in [0.25, 0.3) is 0 Å². The van der Waals surface area contributed by atoms with E-state index >= 15 is 0 Å². The molecule has 3 aromatic carbocycles. The van der Waals surface area contributed by atoms with Crippen molar-refractivity contribution in [3.05, 3.63) is 94.8 Å². The van der Waals surface area contributed by atoms with Crippen LogP contribution in [0.2, 0.25) is 5.02 Å². The van der Waals surface area contributed by atoms with Crippen LogP contribution in [-0.4, -0.2) is 8.42 Å². The van der Waals surface area contributed by atoms with Crippen LogP contribution in [0.4, 0.5) is 10.1 Å². The van der Waals surface area contributed by atoms with Crippen molar-refractivity contribution in [2.75, 3.05) is 4.31 Å². The van der Waals surface area contributed by atoms with Crippen molar-refractivity contribution in [2.24, 2.45) is 0 Å².